The summed E-state index contributed by atoms with van der Waals surface area (Å²) >= 11 is 0. The molecular formula is C40H57N5O2. The van der Waals surface area contributed by atoms with E-state index in [1.807, 2.05) is 48.7 Å². The number of ether oxygens (including phenoxy) is 1. The number of pyridine rings is 1. The summed E-state index contributed by atoms with van der Waals surface area (Å²) in [6.45, 7) is 12.1. The molecule has 0 bridgehead atoms. The average molecular weight is 640 g/mol. The Labute approximate surface area is 283 Å². The second-order valence-corrected chi connectivity index (χ2v) is 14.0. The van der Waals surface area contributed by atoms with Crippen molar-refractivity contribution in [3.63, 3.8) is 0 Å². The third kappa shape index (κ3) is 8.81. The number of nitrogens with zero attached hydrogens (tertiary/aromatic N) is 4. The molecule has 2 aliphatic rings. The highest BCUT2D eigenvalue weighted by atomic mass is 16.5. The lowest BCUT2D eigenvalue weighted by atomic mass is 9.64. The highest BCUT2D eigenvalue weighted by Crippen LogP contribution is 2.43. The standard InChI is InChI=1S/C40H57N5O2/c1-32(2)45(37-21-27-44(28-22-37)31-36-29-38(47-3)19-23-42-36)25-14-6-4-5-13-24-43-26-20-35(30-43)40(39(41)46,33-15-9-7-10-16-33)34-17-11-8-12-18-34/h7-12,15-19,23,29,32,35,37H,4-6,13-14,20-22,24-28,30-31H2,1-3H3,(H2,41,46). The molecule has 1 atom stereocenters. The molecule has 2 aliphatic heterocycles. The van der Waals surface area contributed by atoms with Crippen molar-refractivity contribution in [3.8, 4) is 5.75 Å². The number of amides is 1. The molecule has 1 amide bonds. The maximum atomic E-state index is 13.4. The van der Waals surface area contributed by atoms with Crippen LogP contribution in [-0.4, -0.2) is 84.1 Å². The highest BCUT2D eigenvalue weighted by molar-refractivity contribution is 5.91. The molecule has 47 heavy (non-hydrogen) atoms. The predicted molar refractivity (Wildman–Crippen MR) is 191 cm³/mol. The molecule has 0 radical (unpaired) electrons. The zero-order valence-corrected chi connectivity index (χ0v) is 29.0. The fourth-order valence-electron chi connectivity index (χ4n) is 8.25. The van der Waals surface area contributed by atoms with Gasteiger partial charge in [0.25, 0.3) is 0 Å². The topological polar surface area (TPSA) is 74.9 Å². The summed E-state index contributed by atoms with van der Waals surface area (Å²) in [7, 11) is 1.71. The minimum Gasteiger partial charge on any atom is -0.497 e. The van der Waals surface area contributed by atoms with E-state index in [-0.39, 0.29) is 11.8 Å². The summed E-state index contributed by atoms with van der Waals surface area (Å²) in [5.74, 6) is 0.806. The van der Waals surface area contributed by atoms with Crippen molar-refractivity contribution in [1.82, 2.24) is 19.7 Å². The third-order valence-corrected chi connectivity index (χ3v) is 10.7. The van der Waals surface area contributed by atoms with Gasteiger partial charge in [-0.2, -0.15) is 0 Å². The first-order chi connectivity index (χ1) is 22.9. The van der Waals surface area contributed by atoms with E-state index in [0.717, 1.165) is 68.3 Å². The maximum absolute atomic E-state index is 13.4. The Morgan fingerprint density at radius 3 is 2.13 bits per heavy atom. The number of primary amides is 1. The van der Waals surface area contributed by atoms with Gasteiger partial charge < -0.3 is 15.4 Å². The molecule has 5 rings (SSSR count). The number of hydrogen-bond acceptors (Lipinski definition) is 6. The normalized spacial score (nSPS) is 18.3. The third-order valence-electron chi connectivity index (χ3n) is 10.7. The number of benzene rings is 2. The van der Waals surface area contributed by atoms with E-state index in [1.165, 1.54) is 51.5 Å². The van der Waals surface area contributed by atoms with Crippen molar-refractivity contribution >= 4 is 5.91 Å². The smallest absolute Gasteiger partial charge is 0.232 e. The SMILES string of the molecule is COc1ccnc(CN2CCC(N(CCCCCCCN3CCC(C(C(N)=O)(c4ccccc4)c4ccccc4)C3)C(C)C)CC2)c1. The molecule has 2 N–H and O–H groups in total. The lowest BCUT2D eigenvalue weighted by Crippen LogP contribution is -2.49. The monoisotopic (exact) mass is 639 g/mol. The van der Waals surface area contributed by atoms with Gasteiger partial charge in [0.05, 0.1) is 12.8 Å². The van der Waals surface area contributed by atoms with Gasteiger partial charge in [0, 0.05) is 50.5 Å². The van der Waals surface area contributed by atoms with Gasteiger partial charge >= 0.3 is 0 Å². The highest BCUT2D eigenvalue weighted by Gasteiger charge is 2.49. The van der Waals surface area contributed by atoms with Crippen LogP contribution in [0.2, 0.25) is 0 Å². The minimum absolute atomic E-state index is 0.164. The van der Waals surface area contributed by atoms with Gasteiger partial charge in [0.1, 0.15) is 11.2 Å². The van der Waals surface area contributed by atoms with E-state index in [1.54, 1.807) is 7.11 Å². The number of unbranched alkanes of at least 4 members (excludes halogenated alkanes) is 4. The second kappa shape index (κ2) is 17.2. The fourth-order valence-corrected chi connectivity index (χ4v) is 8.25. The van der Waals surface area contributed by atoms with Crippen LogP contribution in [0.5, 0.6) is 5.75 Å². The molecule has 7 nitrogen and oxygen atoms in total. The van der Waals surface area contributed by atoms with Crippen molar-refractivity contribution in [2.75, 3.05) is 46.4 Å². The zero-order chi connectivity index (χ0) is 33.1. The molecule has 7 heteroatoms. The number of carbonyl (C=O) groups is 1. The van der Waals surface area contributed by atoms with Crippen molar-refractivity contribution in [3.05, 3.63) is 95.8 Å². The molecule has 0 aliphatic carbocycles. The summed E-state index contributed by atoms with van der Waals surface area (Å²) in [6.07, 6.45) is 11.6. The van der Waals surface area contributed by atoms with Gasteiger partial charge in [0.15, 0.2) is 0 Å². The molecule has 1 aromatic heterocycles. The van der Waals surface area contributed by atoms with Gasteiger partial charge in [0.2, 0.25) is 5.91 Å². The number of methoxy groups -OCH3 is 1. The molecule has 0 saturated carbocycles. The number of nitrogens with two attached hydrogens (primary N) is 1. The summed E-state index contributed by atoms with van der Waals surface area (Å²) in [5, 5.41) is 0. The van der Waals surface area contributed by atoms with Crippen LogP contribution in [0.4, 0.5) is 0 Å². The lowest BCUT2D eigenvalue weighted by molar-refractivity contribution is -0.123. The van der Waals surface area contributed by atoms with Crippen molar-refractivity contribution < 1.29 is 9.53 Å². The molecule has 2 fully saturated rings. The molecule has 2 aromatic carbocycles. The summed E-state index contributed by atoms with van der Waals surface area (Å²) in [4.78, 5) is 25.8. The molecule has 3 aromatic rings. The maximum Gasteiger partial charge on any atom is 0.232 e. The van der Waals surface area contributed by atoms with Gasteiger partial charge in [-0.15, -0.1) is 0 Å². The largest absolute Gasteiger partial charge is 0.497 e. The van der Waals surface area contributed by atoms with Crippen LogP contribution in [0.3, 0.4) is 0 Å². The Hall–Kier alpha value is -3.26. The van der Waals surface area contributed by atoms with E-state index in [0.29, 0.717) is 12.1 Å². The first-order valence-electron chi connectivity index (χ1n) is 18.0. The Kier molecular flexibility index (Phi) is 12.9. The average Bonchev–Trinajstić information content (AvgIpc) is 3.56. The molecule has 1 unspecified atom stereocenters. The van der Waals surface area contributed by atoms with Crippen molar-refractivity contribution in [2.45, 2.75) is 89.3 Å². The van der Waals surface area contributed by atoms with E-state index in [4.69, 9.17) is 10.5 Å². The number of rotatable bonds is 17. The number of hydrogen-bond donors (Lipinski definition) is 1. The van der Waals surface area contributed by atoms with E-state index in [2.05, 4.69) is 63.9 Å². The van der Waals surface area contributed by atoms with E-state index >= 15 is 0 Å². The van der Waals surface area contributed by atoms with Gasteiger partial charge in [-0.1, -0.05) is 79.9 Å². The number of piperidine rings is 1. The first kappa shape index (κ1) is 35.1. The van der Waals surface area contributed by atoms with Gasteiger partial charge in [-0.05, 0) is 88.7 Å². The number of likely N-dealkylation sites (tertiary alicyclic amines) is 2. The Morgan fingerprint density at radius 2 is 1.51 bits per heavy atom. The lowest BCUT2D eigenvalue weighted by Gasteiger charge is -2.40. The summed E-state index contributed by atoms with van der Waals surface area (Å²) in [6, 6.07) is 25.6. The van der Waals surface area contributed by atoms with Gasteiger partial charge in [-0.3, -0.25) is 19.6 Å². The van der Waals surface area contributed by atoms with Crippen LogP contribution in [-0.2, 0) is 16.8 Å². The van der Waals surface area contributed by atoms with E-state index < -0.39 is 5.41 Å². The molecule has 254 valence electrons. The first-order valence-corrected chi connectivity index (χ1v) is 18.0. The van der Waals surface area contributed by atoms with Crippen LogP contribution in [0, 0.1) is 5.92 Å². The predicted octanol–water partition coefficient (Wildman–Crippen LogP) is 6.51. The second-order valence-electron chi connectivity index (χ2n) is 14.0. The summed E-state index contributed by atoms with van der Waals surface area (Å²) in [5.41, 5.74) is 8.60. The Morgan fingerprint density at radius 1 is 0.894 bits per heavy atom. The van der Waals surface area contributed by atoms with Crippen LogP contribution >= 0.6 is 0 Å². The van der Waals surface area contributed by atoms with Crippen molar-refractivity contribution in [1.29, 1.82) is 0 Å². The zero-order valence-electron chi connectivity index (χ0n) is 29.0. The molecular weight excluding hydrogens is 582 g/mol. The Bertz CT molecular complexity index is 1320. The quantitative estimate of drug-likeness (QED) is 0.170. The Balaban J connectivity index is 1.03. The molecule has 3 heterocycles. The molecule has 0 spiro atoms. The van der Waals surface area contributed by atoms with Gasteiger partial charge in [-0.25, -0.2) is 0 Å². The number of carbonyl (C=O) groups excluding carboxylic acids is 1. The summed E-state index contributed by atoms with van der Waals surface area (Å²) < 4.78 is 5.38. The van der Waals surface area contributed by atoms with Crippen LogP contribution in [0.15, 0.2) is 79.0 Å². The van der Waals surface area contributed by atoms with Crippen LogP contribution in [0.25, 0.3) is 0 Å². The van der Waals surface area contributed by atoms with Crippen molar-refractivity contribution in [2.24, 2.45) is 11.7 Å². The van der Waals surface area contributed by atoms with Crippen LogP contribution < -0.4 is 10.5 Å². The van der Waals surface area contributed by atoms with Crippen LogP contribution in [0.1, 0.15) is 82.0 Å². The van der Waals surface area contributed by atoms with E-state index in [9.17, 15) is 4.79 Å². The number of aromatic nitrogens is 1. The fraction of sp³-hybridized carbons (Fsp3) is 0.550. The molecule has 2 saturated heterocycles. The minimum atomic E-state index is -0.802.